The van der Waals surface area contributed by atoms with Gasteiger partial charge in [0.05, 0.1) is 0 Å². The molecule has 1 heterocycles. The van der Waals surface area contributed by atoms with Gasteiger partial charge >= 0.3 is 9.04 Å². The second kappa shape index (κ2) is 6.37. The van der Waals surface area contributed by atoms with Gasteiger partial charge in [-0.05, 0) is 21.7 Å². The summed E-state index contributed by atoms with van der Waals surface area (Å²) in [5.74, 6) is 0.724. The molecule has 3 rings (SSSR count). The van der Waals surface area contributed by atoms with E-state index in [1.165, 1.54) is 10.4 Å². The van der Waals surface area contributed by atoms with Gasteiger partial charge in [0.2, 0.25) is 0 Å². The fourth-order valence-corrected chi connectivity index (χ4v) is 4.58. The molecule has 1 aliphatic heterocycles. The Labute approximate surface area is 135 Å². The Bertz CT molecular complexity index is 548. The molecule has 1 saturated heterocycles. The van der Waals surface area contributed by atoms with Crippen LogP contribution in [-0.4, -0.2) is 27.2 Å². The first-order valence-electron chi connectivity index (χ1n) is 7.95. The van der Waals surface area contributed by atoms with E-state index in [0.29, 0.717) is 5.41 Å². The van der Waals surface area contributed by atoms with E-state index in [-0.39, 0.29) is 0 Å². The fraction of sp³-hybridized carbons (Fsp3) is 0.368. The summed E-state index contributed by atoms with van der Waals surface area (Å²) in [6.45, 7) is 9.02. The van der Waals surface area contributed by atoms with Crippen molar-refractivity contribution in [2.45, 2.75) is 20.8 Å². The first kappa shape index (κ1) is 15.5. The highest BCUT2D eigenvalue weighted by molar-refractivity contribution is 6.79. The highest BCUT2D eigenvalue weighted by atomic mass is 28.3. The summed E-state index contributed by atoms with van der Waals surface area (Å²) < 4.78 is 6.42. The van der Waals surface area contributed by atoms with E-state index in [2.05, 4.69) is 86.5 Å². The lowest BCUT2D eigenvalue weighted by Gasteiger charge is -2.46. The van der Waals surface area contributed by atoms with Crippen molar-refractivity contribution in [1.82, 2.24) is 5.06 Å². The summed E-state index contributed by atoms with van der Waals surface area (Å²) >= 11 is 0. The van der Waals surface area contributed by atoms with Crippen molar-refractivity contribution in [2.75, 3.05) is 13.1 Å². The highest BCUT2D eigenvalue weighted by Gasteiger charge is 2.38. The standard InChI is InChI=1S/C19H24NOSi/c1-19(2,3)16-14-20(15-16)21-22(17-10-6-4-7-11-17)18-12-8-5-9-13-18/h4-13,16H,14-15H2,1-3H3. The Morgan fingerprint density at radius 3 is 1.73 bits per heavy atom. The minimum Gasteiger partial charge on any atom is -0.331 e. The summed E-state index contributed by atoms with van der Waals surface area (Å²) in [6, 6.07) is 21.2. The molecular formula is C19H24NOSi. The number of hydrogen-bond donors (Lipinski definition) is 0. The first-order valence-corrected chi connectivity index (χ1v) is 9.35. The lowest BCUT2D eigenvalue weighted by molar-refractivity contribution is -0.164. The third-order valence-electron chi connectivity index (χ3n) is 4.37. The summed E-state index contributed by atoms with van der Waals surface area (Å²) in [7, 11) is -1.20. The second-order valence-electron chi connectivity index (χ2n) is 7.06. The third kappa shape index (κ3) is 3.49. The zero-order valence-electron chi connectivity index (χ0n) is 13.6. The molecule has 22 heavy (non-hydrogen) atoms. The molecule has 115 valence electrons. The van der Waals surface area contributed by atoms with Crippen LogP contribution < -0.4 is 10.4 Å². The van der Waals surface area contributed by atoms with Crippen molar-refractivity contribution in [2.24, 2.45) is 11.3 Å². The summed E-state index contributed by atoms with van der Waals surface area (Å²) in [5.41, 5.74) is 0.367. The molecule has 0 atom stereocenters. The largest absolute Gasteiger partial charge is 0.331 e. The van der Waals surface area contributed by atoms with Gasteiger partial charge in [-0.15, -0.1) is 0 Å². The van der Waals surface area contributed by atoms with E-state index in [1.54, 1.807) is 0 Å². The quantitative estimate of drug-likeness (QED) is 0.805. The Hall–Kier alpha value is -1.42. The summed E-state index contributed by atoms with van der Waals surface area (Å²) in [6.07, 6.45) is 0. The molecule has 1 aliphatic rings. The number of rotatable bonds is 4. The molecule has 2 aromatic carbocycles. The maximum atomic E-state index is 6.42. The second-order valence-corrected chi connectivity index (χ2v) is 9.06. The lowest BCUT2D eigenvalue weighted by atomic mass is 9.77. The molecule has 0 amide bonds. The highest BCUT2D eigenvalue weighted by Crippen LogP contribution is 2.33. The van der Waals surface area contributed by atoms with Gasteiger partial charge in [-0.25, -0.2) is 5.06 Å². The van der Waals surface area contributed by atoms with Gasteiger partial charge in [0.25, 0.3) is 0 Å². The van der Waals surface area contributed by atoms with Crippen LogP contribution in [0.1, 0.15) is 20.8 Å². The van der Waals surface area contributed by atoms with Crippen LogP contribution in [0, 0.1) is 11.3 Å². The van der Waals surface area contributed by atoms with Crippen molar-refractivity contribution in [3.8, 4) is 0 Å². The zero-order valence-corrected chi connectivity index (χ0v) is 14.6. The van der Waals surface area contributed by atoms with Gasteiger partial charge in [0.1, 0.15) is 0 Å². The van der Waals surface area contributed by atoms with Crippen molar-refractivity contribution in [3.63, 3.8) is 0 Å². The molecule has 2 nitrogen and oxygen atoms in total. The van der Waals surface area contributed by atoms with Gasteiger partial charge in [-0.3, -0.25) is 0 Å². The molecule has 2 aromatic rings. The van der Waals surface area contributed by atoms with Gasteiger partial charge < -0.3 is 4.53 Å². The molecule has 0 aliphatic carbocycles. The summed E-state index contributed by atoms with van der Waals surface area (Å²) in [5, 5.41) is 4.76. The Morgan fingerprint density at radius 1 is 0.864 bits per heavy atom. The van der Waals surface area contributed by atoms with Crippen LogP contribution in [0.2, 0.25) is 0 Å². The van der Waals surface area contributed by atoms with Crippen LogP contribution in [0.25, 0.3) is 0 Å². The smallest absolute Gasteiger partial charge is 0.311 e. The molecule has 0 saturated carbocycles. The van der Waals surface area contributed by atoms with Crippen molar-refractivity contribution >= 4 is 19.4 Å². The van der Waals surface area contributed by atoms with Gasteiger partial charge in [-0.1, -0.05) is 81.4 Å². The maximum Gasteiger partial charge on any atom is 0.311 e. The average Bonchev–Trinajstić information content (AvgIpc) is 2.46. The van der Waals surface area contributed by atoms with Crippen molar-refractivity contribution in [3.05, 3.63) is 60.7 Å². The monoisotopic (exact) mass is 310 g/mol. The molecule has 3 heteroatoms. The number of benzene rings is 2. The number of hydrogen-bond acceptors (Lipinski definition) is 2. The Morgan fingerprint density at radius 2 is 1.32 bits per heavy atom. The predicted molar refractivity (Wildman–Crippen MR) is 93.5 cm³/mol. The van der Waals surface area contributed by atoms with E-state index in [9.17, 15) is 0 Å². The van der Waals surface area contributed by atoms with E-state index in [0.717, 1.165) is 19.0 Å². The summed E-state index contributed by atoms with van der Waals surface area (Å²) in [4.78, 5) is 0. The first-order chi connectivity index (χ1) is 10.5. The number of hydroxylamine groups is 2. The van der Waals surface area contributed by atoms with Gasteiger partial charge in [0.15, 0.2) is 0 Å². The topological polar surface area (TPSA) is 12.5 Å². The van der Waals surface area contributed by atoms with E-state index in [4.69, 9.17) is 4.53 Å². The van der Waals surface area contributed by atoms with Crippen molar-refractivity contribution < 1.29 is 4.53 Å². The number of nitrogens with zero attached hydrogens (tertiary/aromatic N) is 1. The van der Waals surface area contributed by atoms with Crippen LogP contribution in [0.3, 0.4) is 0 Å². The van der Waals surface area contributed by atoms with Crippen LogP contribution in [0.5, 0.6) is 0 Å². The van der Waals surface area contributed by atoms with Crippen LogP contribution in [0.4, 0.5) is 0 Å². The lowest BCUT2D eigenvalue weighted by Crippen LogP contribution is -2.58. The molecule has 0 bridgehead atoms. The molecule has 0 spiro atoms. The predicted octanol–water partition coefficient (Wildman–Crippen LogP) is 2.70. The molecule has 0 aromatic heterocycles. The molecule has 1 radical (unpaired) electrons. The fourth-order valence-electron chi connectivity index (χ4n) is 2.64. The SMILES string of the molecule is CC(C)(C)C1CN(O[Si](c2ccccc2)c2ccccc2)C1. The van der Waals surface area contributed by atoms with Crippen LogP contribution in [0.15, 0.2) is 60.7 Å². The van der Waals surface area contributed by atoms with E-state index < -0.39 is 9.04 Å². The normalized spacial score (nSPS) is 16.7. The van der Waals surface area contributed by atoms with Crippen LogP contribution >= 0.6 is 0 Å². The van der Waals surface area contributed by atoms with Crippen LogP contribution in [-0.2, 0) is 4.53 Å². The third-order valence-corrected chi connectivity index (χ3v) is 6.52. The molecule has 1 fully saturated rings. The van der Waals surface area contributed by atoms with Gasteiger partial charge in [0, 0.05) is 13.1 Å². The molecule has 0 N–H and O–H groups in total. The minimum atomic E-state index is -1.20. The van der Waals surface area contributed by atoms with Crippen molar-refractivity contribution in [1.29, 1.82) is 0 Å². The van der Waals surface area contributed by atoms with Gasteiger partial charge in [-0.2, -0.15) is 0 Å². The maximum absolute atomic E-state index is 6.42. The minimum absolute atomic E-state index is 0.367. The van der Waals surface area contributed by atoms with E-state index in [1.807, 2.05) is 0 Å². The van der Waals surface area contributed by atoms with E-state index >= 15 is 0 Å². The zero-order chi connectivity index (χ0) is 15.6. The Kier molecular flexibility index (Phi) is 4.48. The Balaban J connectivity index is 1.74. The average molecular weight is 310 g/mol. The molecular weight excluding hydrogens is 286 g/mol. The molecule has 0 unspecified atom stereocenters.